The van der Waals surface area contributed by atoms with Gasteiger partial charge in [0.05, 0.1) is 19.2 Å². The third-order valence-electron chi connectivity index (χ3n) is 4.08. The molecule has 0 atom stereocenters. The summed E-state index contributed by atoms with van der Waals surface area (Å²) < 4.78 is 1.87. The molecule has 4 nitrogen and oxygen atoms in total. The molecule has 0 aliphatic heterocycles. The van der Waals surface area contributed by atoms with Gasteiger partial charge in [-0.3, -0.25) is 9.48 Å². The molecule has 0 fully saturated rings. The fraction of sp³-hybridized carbons (Fsp3) is 0.200. The van der Waals surface area contributed by atoms with Crippen molar-refractivity contribution in [2.75, 3.05) is 7.05 Å². The summed E-state index contributed by atoms with van der Waals surface area (Å²) in [5.41, 5.74) is 2.94. The Balaban J connectivity index is 1.59. The van der Waals surface area contributed by atoms with Gasteiger partial charge in [-0.15, -0.1) is 0 Å². The SMILES string of the molecule is CN(Cc1cnn(Cc2ccccc2)c1)C(=O)Cc1ccc(Cl)cc1Cl. The van der Waals surface area contributed by atoms with Gasteiger partial charge in [0.15, 0.2) is 0 Å². The molecular formula is C20H19Cl2N3O. The summed E-state index contributed by atoms with van der Waals surface area (Å²) in [6.07, 6.45) is 4.00. The molecule has 0 saturated carbocycles. The van der Waals surface area contributed by atoms with Crippen LogP contribution in [-0.4, -0.2) is 27.6 Å². The number of hydrogen-bond donors (Lipinski definition) is 0. The van der Waals surface area contributed by atoms with Crippen LogP contribution in [0.2, 0.25) is 10.0 Å². The van der Waals surface area contributed by atoms with Crippen LogP contribution >= 0.6 is 23.2 Å². The van der Waals surface area contributed by atoms with Crippen LogP contribution in [0.4, 0.5) is 0 Å². The highest BCUT2D eigenvalue weighted by Gasteiger charge is 2.13. The minimum absolute atomic E-state index is 0.00923. The van der Waals surface area contributed by atoms with Gasteiger partial charge in [-0.2, -0.15) is 5.10 Å². The van der Waals surface area contributed by atoms with E-state index in [0.29, 0.717) is 23.1 Å². The highest BCUT2D eigenvalue weighted by Crippen LogP contribution is 2.22. The van der Waals surface area contributed by atoms with Gasteiger partial charge in [0.25, 0.3) is 0 Å². The van der Waals surface area contributed by atoms with Gasteiger partial charge in [0.1, 0.15) is 0 Å². The molecular weight excluding hydrogens is 369 g/mol. The maximum atomic E-state index is 12.5. The van der Waals surface area contributed by atoms with Crippen molar-refractivity contribution in [2.45, 2.75) is 19.5 Å². The largest absolute Gasteiger partial charge is 0.341 e. The molecule has 0 saturated heterocycles. The van der Waals surface area contributed by atoms with Crippen LogP contribution in [-0.2, 0) is 24.3 Å². The number of amides is 1. The van der Waals surface area contributed by atoms with Crippen molar-refractivity contribution in [3.63, 3.8) is 0 Å². The zero-order valence-corrected chi connectivity index (χ0v) is 15.9. The molecule has 2 aromatic carbocycles. The number of carbonyl (C=O) groups is 1. The fourth-order valence-corrected chi connectivity index (χ4v) is 3.15. The van der Waals surface area contributed by atoms with Crippen molar-refractivity contribution in [1.29, 1.82) is 0 Å². The normalized spacial score (nSPS) is 10.7. The summed E-state index contributed by atoms with van der Waals surface area (Å²) >= 11 is 12.0. The van der Waals surface area contributed by atoms with Crippen molar-refractivity contribution in [3.05, 3.63) is 87.7 Å². The maximum absolute atomic E-state index is 12.5. The zero-order valence-electron chi connectivity index (χ0n) is 14.4. The highest BCUT2D eigenvalue weighted by molar-refractivity contribution is 6.35. The molecule has 26 heavy (non-hydrogen) atoms. The number of halogens is 2. The lowest BCUT2D eigenvalue weighted by Gasteiger charge is -2.16. The lowest BCUT2D eigenvalue weighted by atomic mass is 10.1. The Morgan fingerprint density at radius 3 is 2.62 bits per heavy atom. The summed E-state index contributed by atoms with van der Waals surface area (Å²) in [4.78, 5) is 14.1. The Bertz CT molecular complexity index is 893. The van der Waals surface area contributed by atoms with Gasteiger partial charge in [-0.25, -0.2) is 0 Å². The lowest BCUT2D eigenvalue weighted by molar-refractivity contribution is -0.129. The summed E-state index contributed by atoms with van der Waals surface area (Å²) in [5.74, 6) is -0.00923. The molecule has 0 aliphatic carbocycles. The average Bonchev–Trinajstić information content (AvgIpc) is 3.05. The molecule has 1 aromatic heterocycles. The predicted molar refractivity (Wildman–Crippen MR) is 104 cm³/mol. The minimum Gasteiger partial charge on any atom is -0.341 e. The number of rotatable bonds is 6. The third kappa shape index (κ3) is 4.87. The van der Waals surface area contributed by atoms with E-state index in [0.717, 1.165) is 11.1 Å². The molecule has 0 N–H and O–H groups in total. The number of nitrogens with zero attached hydrogens (tertiary/aromatic N) is 3. The van der Waals surface area contributed by atoms with E-state index >= 15 is 0 Å². The standard InChI is InChI=1S/C20H19Cl2N3O/c1-24(20(26)9-17-7-8-18(21)10-19(17)22)12-16-11-23-25(14-16)13-15-5-3-2-4-6-15/h2-8,10-11,14H,9,12-13H2,1H3. The van der Waals surface area contributed by atoms with Crippen LogP contribution in [0, 0.1) is 0 Å². The number of hydrogen-bond acceptors (Lipinski definition) is 2. The topological polar surface area (TPSA) is 38.1 Å². The van der Waals surface area contributed by atoms with E-state index in [9.17, 15) is 4.79 Å². The van der Waals surface area contributed by atoms with E-state index in [2.05, 4.69) is 17.2 Å². The summed E-state index contributed by atoms with van der Waals surface area (Å²) in [5, 5.41) is 5.44. The minimum atomic E-state index is -0.00923. The Morgan fingerprint density at radius 2 is 1.88 bits per heavy atom. The quantitative estimate of drug-likeness (QED) is 0.626. The van der Waals surface area contributed by atoms with Gasteiger partial charge in [-0.1, -0.05) is 59.6 Å². The van der Waals surface area contributed by atoms with Crippen LogP contribution in [0.15, 0.2) is 60.9 Å². The predicted octanol–water partition coefficient (Wildman–Crippen LogP) is 4.44. The van der Waals surface area contributed by atoms with E-state index in [4.69, 9.17) is 23.2 Å². The second-order valence-corrected chi connectivity index (χ2v) is 7.04. The second kappa shape index (κ2) is 8.39. The molecule has 0 bridgehead atoms. The molecule has 0 spiro atoms. The van der Waals surface area contributed by atoms with Crippen LogP contribution in [0.25, 0.3) is 0 Å². The van der Waals surface area contributed by atoms with E-state index in [1.54, 1.807) is 36.3 Å². The number of benzene rings is 2. The van der Waals surface area contributed by atoms with Crippen LogP contribution in [0.5, 0.6) is 0 Å². The first kappa shape index (κ1) is 18.5. The zero-order chi connectivity index (χ0) is 18.5. The van der Waals surface area contributed by atoms with E-state index in [1.807, 2.05) is 29.1 Å². The molecule has 134 valence electrons. The Hall–Kier alpha value is -2.30. The molecule has 3 rings (SSSR count). The van der Waals surface area contributed by atoms with Gasteiger partial charge < -0.3 is 4.90 Å². The monoisotopic (exact) mass is 387 g/mol. The van der Waals surface area contributed by atoms with Crippen molar-refractivity contribution in [2.24, 2.45) is 0 Å². The molecule has 0 radical (unpaired) electrons. The summed E-state index contributed by atoms with van der Waals surface area (Å²) in [6, 6.07) is 15.3. The van der Waals surface area contributed by atoms with E-state index in [-0.39, 0.29) is 12.3 Å². The molecule has 3 aromatic rings. The van der Waals surface area contributed by atoms with Gasteiger partial charge in [0.2, 0.25) is 5.91 Å². The van der Waals surface area contributed by atoms with Crippen molar-refractivity contribution in [3.8, 4) is 0 Å². The van der Waals surface area contributed by atoms with Gasteiger partial charge in [0, 0.05) is 35.4 Å². The molecule has 6 heteroatoms. The lowest BCUT2D eigenvalue weighted by Crippen LogP contribution is -2.27. The average molecular weight is 388 g/mol. The highest BCUT2D eigenvalue weighted by atomic mass is 35.5. The Morgan fingerprint density at radius 1 is 1.12 bits per heavy atom. The number of likely N-dealkylation sites (N-methyl/N-ethyl adjacent to an activating group) is 1. The third-order valence-corrected chi connectivity index (χ3v) is 4.66. The first-order chi connectivity index (χ1) is 12.5. The Kier molecular flexibility index (Phi) is 5.96. The van der Waals surface area contributed by atoms with Crippen molar-refractivity contribution >= 4 is 29.1 Å². The van der Waals surface area contributed by atoms with Crippen LogP contribution in [0.3, 0.4) is 0 Å². The summed E-state index contributed by atoms with van der Waals surface area (Å²) in [6.45, 7) is 1.21. The molecule has 0 aliphatic rings. The Labute approximate surface area is 163 Å². The molecule has 1 heterocycles. The number of carbonyl (C=O) groups excluding carboxylic acids is 1. The first-order valence-electron chi connectivity index (χ1n) is 8.24. The van der Waals surface area contributed by atoms with Gasteiger partial charge in [-0.05, 0) is 23.3 Å². The second-order valence-electron chi connectivity index (χ2n) is 6.19. The molecule has 1 amide bonds. The summed E-state index contributed by atoms with van der Waals surface area (Å²) in [7, 11) is 1.78. The van der Waals surface area contributed by atoms with Gasteiger partial charge >= 0.3 is 0 Å². The fourth-order valence-electron chi connectivity index (χ4n) is 2.67. The van der Waals surface area contributed by atoms with Crippen LogP contribution < -0.4 is 0 Å². The first-order valence-corrected chi connectivity index (χ1v) is 9.00. The van der Waals surface area contributed by atoms with E-state index in [1.165, 1.54) is 5.56 Å². The van der Waals surface area contributed by atoms with Crippen molar-refractivity contribution < 1.29 is 4.79 Å². The number of aromatic nitrogens is 2. The van der Waals surface area contributed by atoms with Crippen molar-refractivity contribution in [1.82, 2.24) is 14.7 Å². The smallest absolute Gasteiger partial charge is 0.227 e. The van der Waals surface area contributed by atoms with E-state index < -0.39 is 0 Å². The van der Waals surface area contributed by atoms with Crippen LogP contribution in [0.1, 0.15) is 16.7 Å². The molecule has 0 unspecified atom stereocenters. The maximum Gasteiger partial charge on any atom is 0.227 e.